The number of nitrogens with one attached hydrogen (secondary N) is 1. The first-order valence-corrected chi connectivity index (χ1v) is 5.45. The standard InChI is InChI=1S/C8H13N3OS/c1-11-4-2-6(7(11)12)10-8-9-3-5-13-8/h6H,2-5H2,1H3,(H,9,10). The molecule has 13 heavy (non-hydrogen) atoms. The molecule has 2 rings (SSSR count). The van der Waals surface area contributed by atoms with Crippen LogP contribution < -0.4 is 5.32 Å². The first-order valence-electron chi connectivity index (χ1n) is 4.46. The van der Waals surface area contributed by atoms with Gasteiger partial charge in [-0.05, 0) is 6.42 Å². The normalized spacial score (nSPS) is 28.1. The molecule has 0 bridgehead atoms. The predicted octanol–water partition coefficient (Wildman–Crippen LogP) is -0.0905. The summed E-state index contributed by atoms with van der Waals surface area (Å²) in [6, 6.07) is -0.0330. The Balaban J connectivity index is 1.91. The summed E-state index contributed by atoms with van der Waals surface area (Å²) < 4.78 is 0. The number of rotatable bonds is 1. The molecule has 1 fully saturated rings. The Bertz CT molecular complexity index is 254. The second kappa shape index (κ2) is 3.57. The number of aliphatic imine (C=N–C) groups is 1. The highest BCUT2D eigenvalue weighted by atomic mass is 32.2. The molecule has 1 amide bonds. The molecule has 2 aliphatic rings. The topological polar surface area (TPSA) is 44.7 Å². The van der Waals surface area contributed by atoms with E-state index in [-0.39, 0.29) is 11.9 Å². The van der Waals surface area contributed by atoms with Gasteiger partial charge in [0.1, 0.15) is 6.04 Å². The number of amides is 1. The fourth-order valence-electron chi connectivity index (χ4n) is 1.53. The van der Waals surface area contributed by atoms with Crippen molar-refractivity contribution in [3.8, 4) is 0 Å². The summed E-state index contributed by atoms with van der Waals surface area (Å²) >= 11 is 1.70. The van der Waals surface area contributed by atoms with E-state index in [2.05, 4.69) is 10.3 Å². The number of carbonyl (C=O) groups excluding carboxylic acids is 1. The van der Waals surface area contributed by atoms with E-state index in [0.29, 0.717) is 0 Å². The Morgan fingerprint density at radius 3 is 3.08 bits per heavy atom. The van der Waals surface area contributed by atoms with Crippen LogP contribution in [0.2, 0.25) is 0 Å². The number of hydrogen-bond acceptors (Lipinski definition) is 4. The van der Waals surface area contributed by atoms with Crippen LogP contribution in [0.4, 0.5) is 0 Å². The number of hydrogen-bond donors (Lipinski definition) is 1. The van der Waals surface area contributed by atoms with E-state index in [1.54, 1.807) is 16.7 Å². The monoisotopic (exact) mass is 199 g/mol. The molecule has 0 spiro atoms. The maximum Gasteiger partial charge on any atom is 0.244 e. The van der Waals surface area contributed by atoms with Crippen molar-refractivity contribution >= 4 is 22.8 Å². The zero-order valence-corrected chi connectivity index (χ0v) is 8.43. The molecule has 5 heteroatoms. The van der Waals surface area contributed by atoms with Gasteiger partial charge in [0.2, 0.25) is 5.91 Å². The summed E-state index contributed by atoms with van der Waals surface area (Å²) in [7, 11) is 1.84. The molecular formula is C8H13N3OS. The summed E-state index contributed by atoms with van der Waals surface area (Å²) in [5.74, 6) is 1.23. The van der Waals surface area contributed by atoms with Gasteiger partial charge in [-0.1, -0.05) is 11.8 Å². The van der Waals surface area contributed by atoms with Gasteiger partial charge in [0.25, 0.3) is 0 Å². The van der Waals surface area contributed by atoms with E-state index >= 15 is 0 Å². The summed E-state index contributed by atoms with van der Waals surface area (Å²) in [4.78, 5) is 17.5. The average Bonchev–Trinajstić information content (AvgIpc) is 2.71. The summed E-state index contributed by atoms with van der Waals surface area (Å²) in [5, 5.41) is 4.12. The quantitative estimate of drug-likeness (QED) is 0.642. The van der Waals surface area contributed by atoms with Crippen molar-refractivity contribution < 1.29 is 4.79 Å². The number of carbonyl (C=O) groups is 1. The summed E-state index contributed by atoms with van der Waals surface area (Å²) in [5.41, 5.74) is 0. The van der Waals surface area contributed by atoms with Gasteiger partial charge in [0.05, 0.1) is 6.54 Å². The van der Waals surface area contributed by atoms with E-state index < -0.39 is 0 Å². The van der Waals surface area contributed by atoms with Gasteiger partial charge in [-0.25, -0.2) is 0 Å². The largest absolute Gasteiger partial charge is 0.353 e. The lowest BCUT2D eigenvalue weighted by atomic mass is 10.2. The smallest absolute Gasteiger partial charge is 0.244 e. The van der Waals surface area contributed by atoms with Crippen LogP contribution in [0.1, 0.15) is 6.42 Å². The van der Waals surface area contributed by atoms with Gasteiger partial charge in [-0.2, -0.15) is 0 Å². The molecule has 0 aromatic rings. The highest BCUT2D eigenvalue weighted by Gasteiger charge is 2.29. The fourth-order valence-corrected chi connectivity index (χ4v) is 2.31. The van der Waals surface area contributed by atoms with Crippen molar-refractivity contribution in [2.45, 2.75) is 12.5 Å². The molecule has 1 atom stereocenters. The van der Waals surface area contributed by atoms with Crippen LogP contribution in [-0.4, -0.2) is 47.9 Å². The van der Waals surface area contributed by atoms with Gasteiger partial charge in [0, 0.05) is 19.3 Å². The molecule has 1 unspecified atom stereocenters. The van der Waals surface area contributed by atoms with Crippen LogP contribution in [0, 0.1) is 0 Å². The number of nitrogens with zero attached hydrogens (tertiary/aromatic N) is 2. The number of amidine groups is 1. The van der Waals surface area contributed by atoms with Crippen molar-refractivity contribution in [2.75, 3.05) is 25.9 Å². The van der Waals surface area contributed by atoms with E-state index in [1.807, 2.05) is 7.05 Å². The van der Waals surface area contributed by atoms with Crippen molar-refractivity contribution in [1.29, 1.82) is 0 Å². The second-order valence-electron chi connectivity index (χ2n) is 3.28. The molecule has 4 nitrogen and oxygen atoms in total. The Morgan fingerprint density at radius 1 is 1.69 bits per heavy atom. The Morgan fingerprint density at radius 2 is 2.54 bits per heavy atom. The van der Waals surface area contributed by atoms with Gasteiger partial charge >= 0.3 is 0 Å². The van der Waals surface area contributed by atoms with Crippen molar-refractivity contribution in [1.82, 2.24) is 10.2 Å². The molecule has 1 saturated heterocycles. The molecular weight excluding hydrogens is 186 g/mol. The molecule has 72 valence electrons. The predicted molar refractivity (Wildman–Crippen MR) is 53.9 cm³/mol. The average molecular weight is 199 g/mol. The molecule has 0 aromatic heterocycles. The Labute approximate surface area is 81.8 Å². The molecule has 0 saturated carbocycles. The van der Waals surface area contributed by atoms with Crippen LogP contribution in [0.5, 0.6) is 0 Å². The SMILES string of the molecule is CN1CCC(NC2=NCCS2)C1=O. The minimum Gasteiger partial charge on any atom is -0.353 e. The van der Waals surface area contributed by atoms with Crippen LogP contribution in [-0.2, 0) is 4.79 Å². The van der Waals surface area contributed by atoms with E-state index in [4.69, 9.17) is 0 Å². The van der Waals surface area contributed by atoms with Crippen LogP contribution in [0.25, 0.3) is 0 Å². The third-order valence-corrected chi connectivity index (χ3v) is 3.22. The third-order valence-electron chi connectivity index (χ3n) is 2.31. The van der Waals surface area contributed by atoms with E-state index in [0.717, 1.165) is 30.4 Å². The second-order valence-corrected chi connectivity index (χ2v) is 4.36. The molecule has 1 N–H and O–H groups in total. The Hall–Kier alpha value is -0.710. The van der Waals surface area contributed by atoms with Crippen LogP contribution in [0.15, 0.2) is 4.99 Å². The first kappa shape index (κ1) is 8.87. The lowest BCUT2D eigenvalue weighted by Crippen LogP contribution is -2.38. The molecule has 0 radical (unpaired) electrons. The van der Waals surface area contributed by atoms with Gasteiger partial charge in [-0.3, -0.25) is 9.79 Å². The van der Waals surface area contributed by atoms with Crippen molar-refractivity contribution in [2.24, 2.45) is 4.99 Å². The zero-order chi connectivity index (χ0) is 9.26. The molecule has 0 aromatic carbocycles. The molecule has 2 aliphatic heterocycles. The maximum absolute atomic E-state index is 11.5. The van der Waals surface area contributed by atoms with Crippen molar-refractivity contribution in [3.63, 3.8) is 0 Å². The summed E-state index contributed by atoms with van der Waals surface area (Å²) in [6.45, 7) is 1.73. The van der Waals surface area contributed by atoms with Crippen LogP contribution >= 0.6 is 11.8 Å². The Kier molecular flexibility index (Phi) is 2.44. The number of likely N-dealkylation sites (tertiary alicyclic amines) is 1. The van der Waals surface area contributed by atoms with E-state index in [1.165, 1.54) is 0 Å². The number of likely N-dealkylation sites (N-methyl/N-ethyl adjacent to an activating group) is 1. The third kappa shape index (κ3) is 1.80. The van der Waals surface area contributed by atoms with E-state index in [9.17, 15) is 4.79 Å². The lowest BCUT2D eigenvalue weighted by molar-refractivity contribution is -0.127. The lowest BCUT2D eigenvalue weighted by Gasteiger charge is -2.12. The van der Waals surface area contributed by atoms with Gasteiger partial charge in [-0.15, -0.1) is 0 Å². The minimum absolute atomic E-state index is 0.0330. The van der Waals surface area contributed by atoms with Crippen molar-refractivity contribution in [3.05, 3.63) is 0 Å². The number of thioether (sulfide) groups is 1. The zero-order valence-electron chi connectivity index (χ0n) is 7.62. The van der Waals surface area contributed by atoms with Gasteiger partial charge in [0.15, 0.2) is 5.17 Å². The first-order chi connectivity index (χ1) is 6.27. The molecule has 0 aliphatic carbocycles. The molecule has 2 heterocycles. The highest BCUT2D eigenvalue weighted by Crippen LogP contribution is 2.14. The van der Waals surface area contributed by atoms with Gasteiger partial charge < -0.3 is 10.2 Å². The fraction of sp³-hybridized carbons (Fsp3) is 0.750. The maximum atomic E-state index is 11.5. The van der Waals surface area contributed by atoms with Crippen LogP contribution in [0.3, 0.4) is 0 Å². The summed E-state index contributed by atoms with van der Waals surface area (Å²) in [6.07, 6.45) is 0.898. The minimum atomic E-state index is -0.0330. The highest BCUT2D eigenvalue weighted by molar-refractivity contribution is 8.14.